The van der Waals surface area contributed by atoms with Gasteiger partial charge in [-0.05, 0) is 25.7 Å². The molecule has 0 aromatic carbocycles. The largest absolute Gasteiger partial charge is 0.469 e. The number of carbonyl (C=O) groups excluding carboxylic acids is 2. The summed E-state index contributed by atoms with van der Waals surface area (Å²) in [5, 5.41) is 0. The number of nitrogens with zero attached hydrogens (tertiary/aromatic N) is 1. The summed E-state index contributed by atoms with van der Waals surface area (Å²) in [6, 6.07) is 0.0398. The number of amides is 1. The van der Waals surface area contributed by atoms with Crippen molar-refractivity contribution in [1.29, 1.82) is 0 Å². The van der Waals surface area contributed by atoms with Gasteiger partial charge in [0.05, 0.1) is 13.5 Å². The van der Waals surface area contributed by atoms with Crippen LogP contribution in [0.1, 0.15) is 52.4 Å². The van der Waals surface area contributed by atoms with E-state index in [1.165, 1.54) is 7.11 Å². The van der Waals surface area contributed by atoms with Crippen LogP contribution in [0.25, 0.3) is 0 Å². The summed E-state index contributed by atoms with van der Waals surface area (Å²) in [4.78, 5) is 25.6. The fourth-order valence-corrected chi connectivity index (χ4v) is 2.62. The molecule has 2 atom stereocenters. The molecule has 1 saturated heterocycles. The normalized spacial score (nSPS) is 21.5. The second kappa shape index (κ2) is 7.39. The third-order valence-electron chi connectivity index (χ3n) is 3.68. The van der Waals surface area contributed by atoms with E-state index >= 15 is 0 Å². The number of rotatable bonds is 5. The van der Waals surface area contributed by atoms with Crippen LogP contribution >= 0.6 is 0 Å². The lowest BCUT2D eigenvalue weighted by Gasteiger charge is -2.36. The van der Waals surface area contributed by atoms with Crippen molar-refractivity contribution in [2.75, 3.05) is 13.7 Å². The average Bonchev–Trinajstić information content (AvgIpc) is 2.38. The zero-order chi connectivity index (χ0) is 13.5. The Bertz CT molecular complexity index is 291. The van der Waals surface area contributed by atoms with Crippen molar-refractivity contribution in [1.82, 2.24) is 4.90 Å². The van der Waals surface area contributed by atoms with Crippen LogP contribution in [-0.4, -0.2) is 36.5 Å². The fraction of sp³-hybridized carbons (Fsp3) is 0.857. The Kier molecular flexibility index (Phi) is 6.16. The minimum Gasteiger partial charge on any atom is -0.469 e. The van der Waals surface area contributed by atoms with Gasteiger partial charge in [-0.15, -0.1) is 0 Å². The maximum absolute atomic E-state index is 12.3. The summed E-state index contributed by atoms with van der Waals surface area (Å²) < 4.78 is 4.71. The van der Waals surface area contributed by atoms with Gasteiger partial charge in [0.1, 0.15) is 0 Å². The highest BCUT2D eigenvalue weighted by Gasteiger charge is 2.30. The number of ether oxygens (including phenoxy) is 1. The van der Waals surface area contributed by atoms with E-state index in [2.05, 4.69) is 6.92 Å². The molecule has 0 aromatic rings. The van der Waals surface area contributed by atoms with Crippen LogP contribution in [0.4, 0.5) is 0 Å². The molecule has 1 rings (SSSR count). The van der Waals surface area contributed by atoms with Crippen LogP contribution in [0, 0.1) is 5.92 Å². The van der Waals surface area contributed by atoms with Gasteiger partial charge in [-0.1, -0.05) is 20.3 Å². The highest BCUT2D eigenvalue weighted by molar-refractivity contribution is 5.80. The van der Waals surface area contributed by atoms with E-state index in [0.29, 0.717) is 6.42 Å². The van der Waals surface area contributed by atoms with Crippen LogP contribution in [0.5, 0.6) is 0 Å². The summed E-state index contributed by atoms with van der Waals surface area (Å²) in [6.07, 6.45) is 5.32. The number of carbonyl (C=O) groups is 2. The van der Waals surface area contributed by atoms with Crippen LogP contribution < -0.4 is 0 Å². The molecule has 1 heterocycles. The van der Waals surface area contributed by atoms with E-state index in [1.807, 2.05) is 11.8 Å². The number of methoxy groups -OCH3 is 1. The first kappa shape index (κ1) is 15.0. The molecule has 1 aliphatic heterocycles. The van der Waals surface area contributed by atoms with Crippen LogP contribution in [-0.2, 0) is 14.3 Å². The van der Waals surface area contributed by atoms with Gasteiger partial charge in [0.15, 0.2) is 0 Å². The van der Waals surface area contributed by atoms with E-state index in [0.717, 1.165) is 38.6 Å². The second-order valence-electron chi connectivity index (χ2n) is 5.15. The maximum Gasteiger partial charge on any atom is 0.307 e. The number of esters is 1. The molecule has 0 saturated carbocycles. The fourth-order valence-electron chi connectivity index (χ4n) is 2.62. The molecular weight excluding hydrogens is 230 g/mol. The Morgan fingerprint density at radius 3 is 2.72 bits per heavy atom. The summed E-state index contributed by atoms with van der Waals surface area (Å²) >= 11 is 0. The third-order valence-corrected chi connectivity index (χ3v) is 3.68. The molecule has 2 unspecified atom stereocenters. The number of likely N-dealkylation sites (tertiary alicyclic amines) is 1. The molecule has 1 aliphatic rings. The lowest BCUT2D eigenvalue weighted by atomic mass is 9.96. The first-order valence-corrected chi connectivity index (χ1v) is 6.97. The van der Waals surface area contributed by atoms with Crippen molar-refractivity contribution in [3.8, 4) is 0 Å². The SMILES string of the molecule is CCCC(C)C(=O)N1CCCCC1CC(=O)OC. The summed E-state index contributed by atoms with van der Waals surface area (Å²) in [5.74, 6) is 0.0431. The van der Waals surface area contributed by atoms with Gasteiger partial charge >= 0.3 is 5.97 Å². The van der Waals surface area contributed by atoms with Crippen LogP contribution in [0.2, 0.25) is 0 Å². The molecule has 1 amide bonds. The highest BCUT2D eigenvalue weighted by Crippen LogP contribution is 2.23. The average molecular weight is 255 g/mol. The summed E-state index contributed by atoms with van der Waals surface area (Å²) in [5.41, 5.74) is 0. The van der Waals surface area contributed by atoms with E-state index in [4.69, 9.17) is 4.74 Å². The Morgan fingerprint density at radius 1 is 1.39 bits per heavy atom. The molecule has 1 fully saturated rings. The van der Waals surface area contributed by atoms with E-state index < -0.39 is 0 Å². The molecule has 0 radical (unpaired) electrons. The van der Waals surface area contributed by atoms with Crippen molar-refractivity contribution in [2.45, 2.75) is 58.4 Å². The number of piperidine rings is 1. The zero-order valence-electron chi connectivity index (χ0n) is 11.8. The van der Waals surface area contributed by atoms with Gasteiger partial charge in [-0.25, -0.2) is 0 Å². The van der Waals surface area contributed by atoms with Gasteiger partial charge in [0.25, 0.3) is 0 Å². The monoisotopic (exact) mass is 255 g/mol. The minimum absolute atomic E-state index is 0.0398. The summed E-state index contributed by atoms with van der Waals surface area (Å²) in [7, 11) is 1.40. The van der Waals surface area contributed by atoms with Gasteiger partial charge in [0.2, 0.25) is 5.91 Å². The van der Waals surface area contributed by atoms with E-state index in [9.17, 15) is 9.59 Å². The summed E-state index contributed by atoms with van der Waals surface area (Å²) in [6.45, 7) is 4.86. The predicted molar refractivity (Wildman–Crippen MR) is 70.1 cm³/mol. The van der Waals surface area contributed by atoms with Crippen LogP contribution in [0.3, 0.4) is 0 Å². The topological polar surface area (TPSA) is 46.6 Å². The van der Waals surface area contributed by atoms with E-state index in [-0.39, 0.29) is 23.8 Å². The molecule has 4 nitrogen and oxygen atoms in total. The van der Waals surface area contributed by atoms with Gasteiger partial charge in [0, 0.05) is 18.5 Å². The molecule has 104 valence electrons. The Morgan fingerprint density at radius 2 is 2.11 bits per heavy atom. The molecule has 0 aliphatic carbocycles. The first-order chi connectivity index (χ1) is 8.60. The lowest BCUT2D eigenvalue weighted by Crippen LogP contribution is -2.47. The lowest BCUT2D eigenvalue weighted by molar-refractivity contribution is -0.146. The minimum atomic E-state index is -0.220. The standard InChI is InChI=1S/C14H25NO3/c1-4-7-11(2)14(17)15-9-6-5-8-12(15)10-13(16)18-3/h11-12H,4-10H2,1-3H3. The van der Waals surface area contributed by atoms with Crippen molar-refractivity contribution >= 4 is 11.9 Å². The smallest absolute Gasteiger partial charge is 0.307 e. The Labute approximate surface area is 110 Å². The molecule has 0 N–H and O–H groups in total. The van der Waals surface area contributed by atoms with Crippen molar-refractivity contribution < 1.29 is 14.3 Å². The Hall–Kier alpha value is -1.06. The maximum atomic E-state index is 12.3. The predicted octanol–water partition coefficient (Wildman–Crippen LogP) is 2.37. The van der Waals surface area contributed by atoms with Crippen molar-refractivity contribution in [3.63, 3.8) is 0 Å². The zero-order valence-corrected chi connectivity index (χ0v) is 11.8. The van der Waals surface area contributed by atoms with Gasteiger partial charge in [-0.3, -0.25) is 9.59 Å². The number of hydrogen-bond donors (Lipinski definition) is 0. The van der Waals surface area contributed by atoms with E-state index in [1.54, 1.807) is 0 Å². The van der Waals surface area contributed by atoms with Crippen LogP contribution in [0.15, 0.2) is 0 Å². The molecule has 0 bridgehead atoms. The number of hydrogen-bond acceptors (Lipinski definition) is 3. The van der Waals surface area contributed by atoms with Gasteiger partial charge < -0.3 is 9.64 Å². The third kappa shape index (κ3) is 4.00. The Balaban J connectivity index is 2.63. The van der Waals surface area contributed by atoms with Crippen molar-refractivity contribution in [3.05, 3.63) is 0 Å². The first-order valence-electron chi connectivity index (χ1n) is 6.97. The quantitative estimate of drug-likeness (QED) is 0.708. The molecule has 0 spiro atoms. The molecule has 18 heavy (non-hydrogen) atoms. The molecule has 0 aromatic heterocycles. The molecule has 4 heteroatoms. The molecular formula is C14H25NO3. The van der Waals surface area contributed by atoms with Gasteiger partial charge in [-0.2, -0.15) is 0 Å². The van der Waals surface area contributed by atoms with Crippen molar-refractivity contribution in [2.24, 2.45) is 5.92 Å². The second-order valence-corrected chi connectivity index (χ2v) is 5.15. The highest BCUT2D eigenvalue weighted by atomic mass is 16.5.